The third kappa shape index (κ3) is 4.81. The smallest absolute Gasteiger partial charge is 0.209 e. The summed E-state index contributed by atoms with van der Waals surface area (Å²) in [6.45, 7) is 8.56. The number of allylic oxidation sites excluding steroid dienone is 6. The van der Waals surface area contributed by atoms with Gasteiger partial charge in [0, 0.05) is 17.7 Å². The SMILES string of the molecule is CC1=CC(=CC2=[N+](C)c3ccccc3C2(C)C)C=C(C)O1.[O-][Cl+3]([O-])([O-])[O-]. The molecule has 0 saturated heterocycles. The molecule has 7 heteroatoms. The summed E-state index contributed by atoms with van der Waals surface area (Å²) in [5, 5.41) is 0. The van der Waals surface area contributed by atoms with Gasteiger partial charge in [0.05, 0.1) is 5.41 Å². The zero-order chi connectivity index (χ0) is 19.7. The summed E-state index contributed by atoms with van der Waals surface area (Å²) in [7, 11) is -2.80. The number of hydrogen-bond donors (Lipinski definition) is 0. The zero-order valence-corrected chi connectivity index (χ0v) is 16.2. The Morgan fingerprint density at radius 3 is 2.00 bits per heavy atom. The van der Waals surface area contributed by atoms with Gasteiger partial charge in [-0.2, -0.15) is 4.58 Å². The van der Waals surface area contributed by atoms with E-state index in [1.165, 1.54) is 22.5 Å². The van der Waals surface area contributed by atoms with E-state index in [9.17, 15) is 0 Å². The van der Waals surface area contributed by atoms with Crippen LogP contribution < -0.4 is 18.6 Å². The van der Waals surface area contributed by atoms with Gasteiger partial charge < -0.3 is 4.74 Å². The predicted molar refractivity (Wildman–Crippen MR) is 87.0 cm³/mol. The minimum absolute atomic E-state index is 0.0140. The number of fused-ring (bicyclic) bond motifs is 1. The van der Waals surface area contributed by atoms with Crippen molar-refractivity contribution in [3.8, 4) is 0 Å². The Morgan fingerprint density at radius 2 is 1.50 bits per heavy atom. The summed E-state index contributed by atoms with van der Waals surface area (Å²) in [6.07, 6.45) is 6.45. The van der Waals surface area contributed by atoms with Crippen LogP contribution in [0.25, 0.3) is 0 Å². The number of halogens is 1. The molecule has 1 aromatic carbocycles. The van der Waals surface area contributed by atoms with Crippen molar-refractivity contribution in [2.24, 2.45) is 0 Å². The largest absolute Gasteiger partial charge is 0.467 e. The Labute approximate surface area is 155 Å². The molecule has 0 spiro atoms. The van der Waals surface area contributed by atoms with Crippen molar-refractivity contribution in [1.29, 1.82) is 0 Å². The van der Waals surface area contributed by atoms with E-state index < -0.39 is 10.2 Å². The van der Waals surface area contributed by atoms with Gasteiger partial charge in [-0.25, -0.2) is 18.6 Å². The van der Waals surface area contributed by atoms with Gasteiger partial charge >= 0.3 is 0 Å². The van der Waals surface area contributed by atoms with E-state index in [1.54, 1.807) is 0 Å². The maximum atomic E-state index is 8.49. The second-order valence-corrected chi connectivity index (χ2v) is 7.48. The fourth-order valence-corrected chi connectivity index (χ4v) is 3.32. The van der Waals surface area contributed by atoms with Gasteiger partial charge in [0.1, 0.15) is 18.6 Å². The molecule has 0 aromatic heterocycles. The summed E-state index contributed by atoms with van der Waals surface area (Å²) in [5.74, 6) is 1.88. The molecule has 0 bridgehead atoms. The molecule has 26 heavy (non-hydrogen) atoms. The first-order chi connectivity index (χ1) is 11.9. The molecule has 0 saturated carbocycles. The second-order valence-electron chi connectivity index (χ2n) is 6.72. The molecule has 3 rings (SSSR count). The van der Waals surface area contributed by atoms with Crippen molar-refractivity contribution in [2.45, 2.75) is 33.1 Å². The van der Waals surface area contributed by atoms with Crippen molar-refractivity contribution in [2.75, 3.05) is 7.05 Å². The average Bonchev–Trinajstić information content (AvgIpc) is 2.66. The van der Waals surface area contributed by atoms with Gasteiger partial charge in [0.2, 0.25) is 5.69 Å². The first-order valence-corrected chi connectivity index (χ1v) is 9.21. The van der Waals surface area contributed by atoms with Crippen LogP contribution in [-0.4, -0.2) is 17.3 Å². The molecule has 0 aliphatic carbocycles. The van der Waals surface area contributed by atoms with E-state index >= 15 is 0 Å². The van der Waals surface area contributed by atoms with Gasteiger partial charge in [-0.1, -0.05) is 18.2 Å². The van der Waals surface area contributed by atoms with Gasteiger partial charge in [-0.3, -0.25) is 0 Å². The molecule has 0 atom stereocenters. The maximum Gasteiger partial charge on any atom is 0.209 e. The first-order valence-electron chi connectivity index (χ1n) is 7.98. The third-order valence-electron chi connectivity index (χ3n) is 4.31. The minimum Gasteiger partial charge on any atom is -0.467 e. The van der Waals surface area contributed by atoms with Crippen molar-refractivity contribution < 1.29 is 38.2 Å². The summed E-state index contributed by atoms with van der Waals surface area (Å²) in [4.78, 5) is 0. The highest BCUT2D eigenvalue weighted by molar-refractivity contribution is 6.03. The van der Waals surface area contributed by atoms with Crippen molar-refractivity contribution in [1.82, 2.24) is 0 Å². The van der Waals surface area contributed by atoms with Crippen molar-refractivity contribution in [3.05, 3.63) is 65.1 Å². The number of rotatable bonds is 1. The molecular formula is C19H22ClNO5. The second kappa shape index (κ2) is 7.34. The highest BCUT2D eigenvalue weighted by Gasteiger charge is 2.42. The number of benzene rings is 1. The Morgan fingerprint density at radius 1 is 1.00 bits per heavy atom. The van der Waals surface area contributed by atoms with E-state index in [2.05, 4.69) is 68.0 Å². The number of hydrogen-bond acceptors (Lipinski definition) is 5. The summed E-state index contributed by atoms with van der Waals surface area (Å²) in [6, 6.07) is 8.63. The maximum absolute atomic E-state index is 8.49. The van der Waals surface area contributed by atoms with E-state index in [1.807, 2.05) is 13.8 Å². The Balaban J connectivity index is 0.000000431. The molecule has 1 aromatic rings. The number of ether oxygens (including phenoxy) is 1. The Bertz CT molecular complexity index is 803. The molecule has 0 N–H and O–H groups in total. The van der Waals surface area contributed by atoms with E-state index in [4.69, 9.17) is 23.4 Å². The topological polar surface area (TPSA) is 104 Å². The minimum atomic E-state index is -4.94. The normalized spacial score (nSPS) is 18.3. The molecule has 6 nitrogen and oxygen atoms in total. The summed E-state index contributed by atoms with van der Waals surface area (Å²) in [5.41, 5.74) is 5.20. The van der Waals surface area contributed by atoms with Crippen LogP contribution in [0.1, 0.15) is 33.3 Å². The van der Waals surface area contributed by atoms with E-state index in [0.717, 1.165) is 11.5 Å². The lowest BCUT2D eigenvalue weighted by Gasteiger charge is -2.17. The molecule has 0 radical (unpaired) electrons. The van der Waals surface area contributed by atoms with Crippen molar-refractivity contribution in [3.63, 3.8) is 0 Å². The van der Waals surface area contributed by atoms with Crippen LogP contribution >= 0.6 is 0 Å². The van der Waals surface area contributed by atoms with Crippen LogP contribution in [0.3, 0.4) is 0 Å². The standard InChI is InChI=1S/C19H22NO.ClHO4/c1-13-10-15(11-14(2)21-13)12-18-19(3,4)16-8-6-7-9-17(16)20(18)5;2-1(3,4)5/h6-12H,1-5H3;(H,2,3,4,5)/q+1;/p-1. The average molecular weight is 380 g/mol. The van der Waals surface area contributed by atoms with Gasteiger partial charge in [0.15, 0.2) is 5.71 Å². The predicted octanol–water partition coefficient (Wildman–Crippen LogP) is -0.299. The molecule has 0 unspecified atom stereocenters. The van der Waals surface area contributed by atoms with Gasteiger partial charge in [-0.05, 0) is 45.4 Å². The van der Waals surface area contributed by atoms with Crippen molar-refractivity contribution >= 4 is 11.4 Å². The lowest BCUT2D eigenvalue weighted by Crippen LogP contribution is -2.68. The Hall–Kier alpha value is -1.96. The monoisotopic (exact) mass is 379 g/mol. The van der Waals surface area contributed by atoms with E-state index in [-0.39, 0.29) is 5.41 Å². The van der Waals surface area contributed by atoms with Crippen LogP contribution in [0.5, 0.6) is 0 Å². The van der Waals surface area contributed by atoms with Crippen LogP contribution in [0.2, 0.25) is 0 Å². The highest BCUT2D eigenvalue weighted by Crippen LogP contribution is 2.39. The lowest BCUT2D eigenvalue weighted by atomic mass is 9.81. The number of para-hydroxylation sites is 1. The van der Waals surface area contributed by atoms with Crippen LogP contribution in [-0.2, 0) is 10.2 Å². The zero-order valence-electron chi connectivity index (χ0n) is 15.4. The summed E-state index contributed by atoms with van der Waals surface area (Å²) < 4.78 is 41.8. The third-order valence-corrected chi connectivity index (χ3v) is 4.31. The molecule has 2 heterocycles. The quantitative estimate of drug-likeness (QED) is 0.623. The lowest BCUT2D eigenvalue weighted by molar-refractivity contribution is -2.00. The molecule has 2 aliphatic rings. The van der Waals surface area contributed by atoms with Crippen LogP contribution in [0.4, 0.5) is 5.69 Å². The highest BCUT2D eigenvalue weighted by atomic mass is 35.7. The summed E-state index contributed by atoms with van der Waals surface area (Å²) >= 11 is 0. The fourth-order valence-electron chi connectivity index (χ4n) is 3.32. The Kier molecular flexibility index (Phi) is 5.75. The first kappa shape index (κ1) is 20.4. The van der Waals surface area contributed by atoms with Crippen LogP contribution in [0.15, 0.2) is 59.6 Å². The number of nitrogens with zero attached hydrogens (tertiary/aromatic N) is 1. The fraction of sp³-hybridized carbons (Fsp3) is 0.316. The molecule has 0 amide bonds. The van der Waals surface area contributed by atoms with Crippen LogP contribution in [0, 0.1) is 10.2 Å². The molecular weight excluding hydrogens is 358 g/mol. The van der Waals surface area contributed by atoms with E-state index in [0.29, 0.717) is 0 Å². The molecule has 0 fully saturated rings. The van der Waals surface area contributed by atoms with Gasteiger partial charge in [0.25, 0.3) is 0 Å². The molecule has 140 valence electrons. The molecule has 2 aliphatic heterocycles. The van der Waals surface area contributed by atoms with Gasteiger partial charge in [-0.15, -0.1) is 10.2 Å².